The quantitative estimate of drug-likeness (QED) is 0.421. The number of ether oxygens (including phenoxy) is 1. The molecule has 5 nitrogen and oxygen atoms in total. The van der Waals surface area contributed by atoms with Gasteiger partial charge in [-0.3, -0.25) is 9.69 Å². The van der Waals surface area contributed by atoms with Crippen LogP contribution >= 0.6 is 22.9 Å². The van der Waals surface area contributed by atoms with E-state index in [1.807, 2.05) is 25.1 Å². The first-order chi connectivity index (χ1) is 13.5. The maximum atomic E-state index is 13.3. The summed E-state index contributed by atoms with van der Waals surface area (Å²) in [5, 5.41) is 1.24. The van der Waals surface area contributed by atoms with Gasteiger partial charge in [0.15, 0.2) is 5.13 Å². The van der Waals surface area contributed by atoms with Crippen molar-refractivity contribution in [2.24, 2.45) is 0 Å². The third-order valence-electron chi connectivity index (χ3n) is 4.33. The molecule has 0 saturated carbocycles. The van der Waals surface area contributed by atoms with Gasteiger partial charge in [0.05, 0.1) is 30.1 Å². The number of thiazole rings is 1. The molecule has 0 unspecified atom stereocenters. The molecule has 0 spiro atoms. The predicted octanol–water partition coefficient (Wildman–Crippen LogP) is 5.71. The summed E-state index contributed by atoms with van der Waals surface area (Å²) in [6.45, 7) is 2.23. The molecule has 0 N–H and O–H groups in total. The van der Waals surface area contributed by atoms with E-state index >= 15 is 0 Å². The second kappa shape index (κ2) is 7.66. The molecule has 1 amide bonds. The van der Waals surface area contributed by atoms with Crippen LogP contribution in [0, 0.1) is 6.92 Å². The SMILES string of the molecule is COc1cccc(C(=O)N(Cc2ccco2)c2nc3c(C)cc(Cl)cc3s2)c1. The third kappa shape index (κ3) is 3.61. The molecule has 4 aromatic rings. The standard InChI is InChI=1S/C21H17ClN2O3S/c1-13-9-15(22)11-18-19(13)23-21(28-18)24(12-17-7-4-8-27-17)20(25)14-5-3-6-16(10-14)26-2/h3-11H,12H2,1-2H3. The Bertz CT molecular complexity index is 1140. The first-order valence-corrected chi connectivity index (χ1v) is 9.79. The molecule has 0 bridgehead atoms. The minimum Gasteiger partial charge on any atom is -0.497 e. The van der Waals surface area contributed by atoms with Crippen molar-refractivity contribution in [2.75, 3.05) is 12.0 Å². The molecule has 142 valence electrons. The van der Waals surface area contributed by atoms with E-state index in [0.717, 1.165) is 15.8 Å². The molecule has 2 aromatic carbocycles. The number of nitrogens with zero attached hydrogens (tertiary/aromatic N) is 2. The number of hydrogen-bond donors (Lipinski definition) is 0. The lowest BCUT2D eigenvalue weighted by atomic mass is 10.2. The van der Waals surface area contributed by atoms with Crippen LogP contribution in [0.2, 0.25) is 5.02 Å². The van der Waals surface area contributed by atoms with Crippen LogP contribution in [0.4, 0.5) is 5.13 Å². The van der Waals surface area contributed by atoms with Gasteiger partial charge in [0.2, 0.25) is 0 Å². The van der Waals surface area contributed by atoms with Crippen LogP contribution < -0.4 is 9.64 Å². The maximum absolute atomic E-state index is 13.3. The van der Waals surface area contributed by atoms with Crippen LogP contribution in [-0.2, 0) is 6.54 Å². The van der Waals surface area contributed by atoms with Crippen LogP contribution in [0.5, 0.6) is 5.75 Å². The molecule has 0 aliphatic heterocycles. The Kier molecular flexibility index (Phi) is 5.07. The van der Waals surface area contributed by atoms with Crippen molar-refractivity contribution < 1.29 is 13.9 Å². The van der Waals surface area contributed by atoms with E-state index in [9.17, 15) is 4.79 Å². The number of furan rings is 1. The molecule has 2 heterocycles. The average molecular weight is 413 g/mol. The number of aromatic nitrogens is 1. The highest BCUT2D eigenvalue weighted by Crippen LogP contribution is 2.34. The van der Waals surface area contributed by atoms with Crippen LogP contribution in [0.1, 0.15) is 21.7 Å². The zero-order valence-corrected chi connectivity index (χ0v) is 16.9. The summed E-state index contributed by atoms with van der Waals surface area (Å²) in [4.78, 5) is 19.7. The third-order valence-corrected chi connectivity index (χ3v) is 5.57. The van der Waals surface area contributed by atoms with Gasteiger partial charge in [0.25, 0.3) is 5.91 Å². The number of carbonyl (C=O) groups is 1. The smallest absolute Gasteiger partial charge is 0.260 e. The Labute approximate surface area is 171 Å². The van der Waals surface area contributed by atoms with Gasteiger partial charge in [-0.25, -0.2) is 4.98 Å². The summed E-state index contributed by atoms with van der Waals surface area (Å²) >= 11 is 7.61. The Morgan fingerprint density at radius 3 is 2.86 bits per heavy atom. The number of benzene rings is 2. The number of halogens is 1. The highest BCUT2D eigenvalue weighted by atomic mass is 35.5. The minimum atomic E-state index is -0.182. The van der Waals surface area contributed by atoms with Crippen molar-refractivity contribution in [1.29, 1.82) is 0 Å². The molecule has 0 atom stereocenters. The van der Waals surface area contributed by atoms with Gasteiger partial charge in [-0.1, -0.05) is 29.0 Å². The van der Waals surface area contributed by atoms with Crippen molar-refractivity contribution >= 4 is 44.2 Å². The summed E-state index contributed by atoms with van der Waals surface area (Å²) in [6.07, 6.45) is 1.59. The van der Waals surface area contributed by atoms with Gasteiger partial charge < -0.3 is 9.15 Å². The van der Waals surface area contributed by atoms with Gasteiger partial charge in [-0.15, -0.1) is 0 Å². The number of fused-ring (bicyclic) bond motifs is 1. The van der Waals surface area contributed by atoms with Gasteiger partial charge in [-0.2, -0.15) is 0 Å². The Hall–Kier alpha value is -2.83. The molecule has 0 fully saturated rings. The lowest BCUT2D eigenvalue weighted by Crippen LogP contribution is -2.30. The highest BCUT2D eigenvalue weighted by Gasteiger charge is 2.23. The van der Waals surface area contributed by atoms with Crippen LogP contribution in [0.25, 0.3) is 10.2 Å². The summed E-state index contributed by atoms with van der Waals surface area (Å²) in [5.41, 5.74) is 2.32. The van der Waals surface area contributed by atoms with E-state index in [1.165, 1.54) is 11.3 Å². The largest absolute Gasteiger partial charge is 0.497 e. The van der Waals surface area contributed by atoms with Crippen molar-refractivity contribution in [3.63, 3.8) is 0 Å². The van der Waals surface area contributed by atoms with E-state index in [2.05, 4.69) is 0 Å². The fraction of sp³-hybridized carbons (Fsp3) is 0.143. The number of hydrogen-bond acceptors (Lipinski definition) is 5. The normalized spacial score (nSPS) is 11.0. The zero-order chi connectivity index (χ0) is 19.7. The number of aryl methyl sites for hydroxylation is 1. The van der Waals surface area contributed by atoms with E-state index in [0.29, 0.717) is 27.2 Å². The summed E-state index contributed by atoms with van der Waals surface area (Å²) in [5.74, 6) is 1.11. The van der Waals surface area contributed by atoms with Gasteiger partial charge in [0.1, 0.15) is 11.5 Å². The summed E-state index contributed by atoms with van der Waals surface area (Å²) in [6, 6.07) is 14.4. The van der Waals surface area contributed by atoms with Crippen LogP contribution in [0.15, 0.2) is 59.2 Å². The first-order valence-electron chi connectivity index (χ1n) is 8.60. The van der Waals surface area contributed by atoms with Gasteiger partial charge in [0, 0.05) is 10.6 Å². The summed E-state index contributed by atoms with van der Waals surface area (Å²) < 4.78 is 11.7. The predicted molar refractivity (Wildman–Crippen MR) is 112 cm³/mol. The van der Waals surface area contributed by atoms with Crippen molar-refractivity contribution in [1.82, 2.24) is 4.98 Å². The molecule has 7 heteroatoms. The molecule has 2 aromatic heterocycles. The Balaban J connectivity index is 1.79. The molecule has 0 aliphatic carbocycles. The monoisotopic (exact) mass is 412 g/mol. The van der Waals surface area contributed by atoms with E-state index in [-0.39, 0.29) is 12.5 Å². The van der Waals surface area contributed by atoms with Crippen LogP contribution in [0.3, 0.4) is 0 Å². The molecular weight excluding hydrogens is 396 g/mol. The van der Waals surface area contributed by atoms with Gasteiger partial charge in [-0.05, 0) is 55.0 Å². The second-order valence-electron chi connectivity index (χ2n) is 6.27. The zero-order valence-electron chi connectivity index (χ0n) is 15.3. The fourth-order valence-electron chi connectivity index (χ4n) is 2.95. The van der Waals surface area contributed by atoms with Crippen molar-refractivity contribution in [2.45, 2.75) is 13.5 Å². The summed E-state index contributed by atoms with van der Waals surface area (Å²) in [7, 11) is 1.57. The van der Waals surface area contributed by atoms with Gasteiger partial charge >= 0.3 is 0 Å². The lowest BCUT2D eigenvalue weighted by Gasteiger charge is -2.19. The lowest BCUT2D eigenvalue weighted by molar-refractivity contribution is 0.0983. The van der Waals surface area contributed by atoms with E-state index in [1.54, 1.807) is 48.6 Å². The maximum Gasteiger partial charge on any atom is 0.260 e. The second-order valence-corrected chi connectivity index (χ2v) is 7.71. The number of rotatable bonds is 5. The first kappa shape index (κ1) is 18.5. The molecule has 0 aliphatic rings. The van der Waals surface area contributed by atoms with Crippen molar-refractivity contribution in [3.8, 4) is 5.75 Å². The molecule has 0 saturated heterocycles. The number of amides is 1. The fourth-order valence-corrected chi connectivity index (χ4v) is 4.37. The molecular formula is C21H17ClN2O3S. The Morgan fingerprint density at radius 2 is 2.11 bits per heavy atom. The Morgan fingerprint density at radius 1 is 1.25 bits per heavy atom. The number of anilines is 1. The van der Waals surface area contributed by atoms with E-state index < -0.39 is 0 Å². The van der Waals surface area contributed by atoms with E-state index in [4.69, 9.17) is 25.7 Å². The minimum absolute atomic E-state index is 0.182. The number of carbonyl (C=O) groups excluding carboxylic acids is 1. The molecule has 4 rings (SSSR count). The van der Waals surface area contributed by atoms with Crippen LogP contribution in [-0.4, -0.2) is 18.0 Å². The molecule has 28 heavy (non-hydrogen) atoms. The topological polar surface area (TPSA) is 55.6 Å². The average Bonchev–Trinajstić information content (AvgIpc) is 3.35. The molecule has 0 radical (unpaired) electrons. The van der Waals surface area contributed by atoms with Crippen molar-refractivity contribution in [3.05, 3.63) is 76.7 Å². The number of methoxy groups -OCH3 is 1. The highest BCUT2D eigenvalue weighted by molar-refractivity contribution is 7.22.